The average molecular weight is 377 g/mol. The number of aromatic nitrogens is 4. The summed E-state index contributed by atoms with van der Waals surface area (Å²) < 4.78 is 27.1. The van der Waals surface area contributed by atoms with Gasteiger partial charge in [-0.15, -0.1) is 0 Å². The molecule has 0 saturated heterocycles. The van der Waals surface area contributed by atoms with Crippen LogP contribution in [0.25, 0.3) is 11.2 Å². The Morgan fingerprint density at radius 1 is 1.23 bits per heavy atom. The molecule has 2 N–H and O–H groups in total. The van der Waals surface area contributed by atoms with Crippen molar-refractivity contribution in [3.63, 3.8) is 0 Å². The summed E-state index contributed by atoms with van der Waals surface area (Å²) in [5.41, 5.74) is 1.82. The molecule has 1 atom stereocenters. The van der Waals surface area contributed by atoms with E-state index in [0.717, 1.165) is 6.07 Å². The fourth-order valence-electron chi connectivity index (χ4n) is 2.22. The molecule has 2 aromatic heterocycles. The van der Waals surface area contributed by atoms with Crippen LogP contribution in [0.4, 0.5) is 14.6 Å². The van der Waals surface area contributed by atoms with Gasteiger partial charge < -0.3 is 10.4 Å². The SMILES string of the molecule is Cc1cnc2nc(SCc3cccc(F)c3F)nc(N[C@H](C)CO)c2n1. The van der Waals surface area contributed by atoms with Gasteiger partial charge in [-0.3, -0.25) is 0 Å². The van der Waals surface area contributed by atoms with Crippen molar-refractivity contribution in [2.45, 2.75) is 30.8 Å². The highest BCUT2D eigenvalue weighted by atomic mass is 32.2. The van der Waals surface area contributed by atoms with E-state index in [0.29, 0.717) is 27.8 Å². The minimum atomic E-state index is -0.886. The minimum Gasteiger partial charge on any atom is -0.394 e. The number of hydrogen-bond acceptors (Lipinski definition) is 7. The van der Waals surface area contributed by atoms with Gasteiger partial charge >= 0.3 is 0 Å². The zero-order valence-corrected chi connectivity index (χ0v) is 15.0. The van der Waals surface area contributed by atoms with Gasteiger partial charge in [0.25, 0.3) is 0 Å². The molecule has 0 bridgehead atoms. The second-order valence-electron chi connectivity index (χ2n) is 5.77. The maximum atomic E-state index is 13.8. The van der Waals surface area contributed by atoms with Crippen LogP contribution in [-0.4, -0.2) is 37.7 Å². The molecular weight excluding hydrogens is 360 g/mol. The summed E-state index contributed by atoms with van der Waals surface area (Å²) in [5, 5.41) is 12.7. The first-order valence-electron chi connectivity index (χ1n) is 7.92. The van der Waals surface area contributed by atoms with Crippen molar-refractivity contribution < 1.29 is 13.9 Å². The second kappa shape index (κ2) is 7.88. The minimum absolute atomic E-state index is 0.0816. The zero-order valence-electron chi connectivity index (χ0n) is 14.2. The number of nitrogens with zero attached hydrogens (tertiary/aromatic N) is 4. The van der Waals surface area contributed by atoms with Crippen molar-refractivity contribution >= 4 is 28.7 Å². The van der Waals surface area contributed by atoms with Crippen LogP contribution in [0.3, 0.4) is 0 Å². The molecule has 0 amide bonds. The van der Waals surface area contributed by atoms with Crippen molar-refractivity contribution in [3.05, 3.63) is 47.3 Å². The molecule has 0 spiro atoms. The first-order valence-corrected chi connectivity index (χ1v) is 8.91. The normalized spacial score (nSPS) is 12.3. The van der Waals surface area contributed by atoms with Crippen LogP contribution in [0.2, 0.25) is 0 Å². The Morgan fingerprint density at radius 3 is 2.81 bits per heavy atom. The van der Waals surface area contributed by atoms with Crippen LogP contribution < -0.4 is 5.32 Å². The van der Waals surface area contributed by atoms with E-state index in [9.17, 15) is 13.9 Å². The van der Waals surface area contributed by atoms with Crippen molar-refractivity contribution in [1.29, 1.82) is 0 Å². The fourth-order valence-corrected chi connectivity index (χ4v) is 3.04. The quantitative estimate of drug-likeness (QED) is 0.504. The number of aliphatic hydroxyl groups excluding tert-OH is 1. The molecule has 0 radical (unpaired) electrons. The number of fused-ring (bicyclic) bond motifs is 1. The first kappa shape index (κ1) is 18.4. The van der Waals surface area contributed by atoms with Crippen molar-refractivity contribution in [2.24, 2.45) is 0 Å². The number of nitrogens with one attached hydrogen (secondary N) is 1. The Balaban J connectivity index is 1.93. The molecule has 0 saturated carbocycles. The van der Waals surface area contributed by atoms with E-state index >= 15 is 0 Å². The Bertz CT molecular complexity index is 940. The van der Waals surface area contributed by atoms with Crippen LogP contribution in [0, 0.1) is 18.6 Å². The lowest BCUT2D eigenvalue weighted by Crippen LogP contribution is -2.21. The molecule has 2 heterocycles. The van der Waals surface area contributed by atoms with Gasteiger partial charge in [-0.2, -0.15) is 0 Å². The second-order valence-corrected chi connectivity index (χ2v) is 6.71. The predicted octanol–water partition coefficient (Wildman–Crippen LogP) is 3.09. The van der Waals surface area contributed by atoms with E-state index in [2.05, 4.69) is 25.3 Å². The van der Waals surface area contributed by atoms with Crippen LogP contribution in [0.15, 0.2) is 29.6 Å². The Labute approximate surface area is 153 Å². The molecular formula is C17H17F2N5OS. The molecule has 0 aliphatic carbocycles. The topological polar surface area (TPSA) is 83.8 Å². The highest BCUT2D eigenvalue weighted by Crippen LogP contribution is 2.26. The molecule has 6 nitrogen and oxygen atoms in total. The summed E-state index contributed by atoms with van der Waals surface area (Å²) >= 11 is 1.17. The Hall–Kier alpha value is -2.39. The summed E-state index contributed by atoms with van der Waals surface area (Å²) in [7, 11) is 0. The van der Waals surface area contributed by atoms with Gasteiger partial charge in [0.15, 0.2) is 33.8 Å². The summed E-state index contributed by atoms with van der Waals surface area (Å²) in [6, 6.07) is 3.81. The molecule has 136 valence electrons. The predicted molar refractivity (Wildman–Crippen MR) is 96.0 cm³/mol. The molecule has 3 aromatic rings. The number of aryl methyl sites for hydroxylation is 1. The molecule has 1 aromatic carbocycles. The van der Waals surface area contributed by atoms with E-state index in [1.165, 1.54) is 23.9 Å². The monoisotopic (exact) mass is 377 g/mol. The van der Waals surface area contributed by atoms with E-state index in [-0.39, 0.29) is 24.0 Å². The highest BCUT2D eigenvalue weighted by molar-refractivity contribution is 7.98. The van der Waals surface area contributed by atoms with Crippen LogP contribution >= 0.6 is 11.8 Å². The van der Waals surface area contributed by atoms with E-state index in [1.54, 1.807) is 20.0 Å². The molecule has 26 heavy (non-hydrogen) atoms. The van der Waals surface area contributed by atoms with Crippen molar-refractivity contribution in [3.8, 4) is 0 Å². The third kappa shape index (κ3) is 4.05. The van der Waals surface area contributed by atoms with Crippen molar-refractivity contribution in [1.82, 2.24) is 19.9 Å². The van der Waals surface area contributed by atoms with E-state index < -0.39 is 11.6 Å². The third-order valence-corrected chi connectivity index (χ3v) is 4.45. The molecule has 0 fully saturated rings. The summed E-state index contributed by atoms with van der Waals surface area (Å²) in [5.74, 6) is -1.15. The van der Waals surface area contributed by atoms with Crippen LogP contribution in [0.5, 0.6) is 0 Å². The highest BCUT2D eigenvalue weighted by Gasteiger charge is 2.14. The lowest BCUT2D eigenvalue weighted by Gasteiger charge is -2.14. The zero-order chi connectivity index (χ0) is 18.7. The van der Waals surface area contributed by atoms with E-state index in [1.807, 2.05) is 0 Å². The molecule has 3 rings (SSSR count). The van der Waals surface area contributed by atoms with Gasteiger partial charge in [-0.25, -0.2) is 28.7 Å². The van der Waals surface area contributed by atoms with Gasteiger partial charge in [-0.05, 0) is 19.9 Å². The fraction of sp³-hybridized carbons (Fsp3) is 0.294. The Kier molecular flexibility index (Phi) is 5.58. The molecule has 0 aliphatic heterocycles. The lowest BCUT2D eigenvalue weighted by atomic mass is 10.2. The molecule has 0 unspecified atom stereocenters. The summed E-state index contributed by atoms with van der Waals surface area (Å²) in [6.45, 7) is 3.52. The van der Waals surface area contributed by atoms with Gasteiger partial charge in [-0.1, -0.05) is 23.9 Å². The van der Waals surface area contributed by atoms with Crippen LogP contribution in [-0.2, 0) is 5.75 Å². The molecule has 9 heteroatoms. The lowest BCUT2D eigenvalue weighted by molar-refractivity contribution is 0.281. The van der Waals surface area contributed by atoms with Gasteiger partial charge in [0, 0.05) is 17.4 Å². The van der Waals surface area contributed by atoms with E-state index in [4.69, 9.17) is 0 Å². The third-order valence-electron chi connectivity index (χ3n) is 3.55. The number of rotatable bonds is 6. The van der Waals surface area contributed by atoms with Gasteiger partial charge in [0.1, 0.15) is 0 Å². The number of anilines is 1. The maximum Gasteiger partial charge on any atom is 0.192 e. The summed E-state index contributed by atoms with van der Waals surface area (Å²) in [6.07, 6.45) is 1.59. The van der Waals surface area contributed by atoms with Gasteiger partial charge in [0.05, 0.1) is 18.5 Å². The van der Waals surface area contributed by atoms with Crippen LogP contribution in [0.1, 0.15) is 18.2 Å². The largest absolute Gasteiger partial charge is 0.394 e. The number of aliphatic hydroxyl groups is 1. The standard InChI is InChI=1S/C17H17F2N5OS/c1-9-6-20-15-14(21-9)16(22-10(2)7-25)24-17(23-15)26-8-11-4-3-5-12(18)13(11)19/h3-6,10,25H,7-8H2,1-2H3,(H,20,22,23,24)/t10-/m1/s1. The summed E-state index contributed by atoms with van der Waals surface area (Å²) in [4.78, 5) is 17.4. The number of hydrogen-bond donors (Lipinski definition) is 2. The number of benzene rings is 1. The smallest absolute Gasteiger partial charge is 0.192 e. The molecule has 0 aliphatic rings. The average Bonchev–Trinajstić information content (AvgIpc) is 2.63. The van der Waals surface area contributed by atoms with Gasteiger partial charge in [0.2, 0.25) is 0 Å². The maximum absolute atomic E-state index is 13.8. The number of thioether (sulfide) groups is 1. The first-order chi connectivity index (χ1) is 12.5. The number of halogens is 2. The van der Waals surface area contributed by atoms with Crippen molar-refractivity contribution in [2.75, 3.05) is 11.9 Å². The Morgan fingerprint density at radius 2 is 2.04 bits per heavy atom.